The van der Waals surface area contributed by atoms with Gasteiger partial charge in [-0.3, -0.25) is 4.99 Å². The monoisotopic (exact) mass is 745 g/mol. The number of hydrogen-bond acceptors (Lipinski definition) is 6. The predicted molar refractivity (Wildman–Crippen MR) is 183 cm³/mol. The second-order valence-electron chi connectivity index (χ2n) is 12.8. The van der Waals surface area contributed by atoms with E-state index >= 15 is 0 Å². The third kappa shape index (κ3) is 9.40. The number of likely N-dealkylation sites (tertiary alicyclic amines) is 1. The molecule has 252 valence electrons. The Morgan fingerprint density at radius 1 is 1.13 bits per heavy atom. The number of fused-ring (bicyclic) bond motifs is 1. The van der Waals surface area contributed by atoms with Crippen LogP contribution in [0.3, 0.4) is 0 Å². The van der Waals surface area contributed by atoms with E-state index in [2.05, 4.69) is 61.5 Å². The first-order chi connectivity index (χ1) is 22.0. The Hall–Kier alpha value is -3.25. The summed E-state index contributed by atoms with van der Waals surface area (Å²) < 4.78 is 12.2. The van der Waals surface area contributed by atoms with E-state index in [1.54, 1.807) is 0 Å². The number of carbonyl (C=O) groups excluding carboxylic acids is 1. The molecule has 2 aromatic carbocycles. The van der Waals surface area contributed by atoms with Gasteiger partial charge in [0.15, 0.2) is 11.5 Å². The first kappa shape index (κ1) is 35.6. The fourth-order valence-corrected chi connectivity index (χ4v) is 9.59. The van der Waals surface area contributed by atoms with E-state index in [1.807, 2.05) is 42.2 Å². The molecule has 1 N–H and O–H groups in total. The summed E-state index contributed by atoms with van der Waals surface area (Å²) in [5.41, 5.74) is 3.95. The Kier molecular flexibility index (Phi) is 12.8. The number of rotatable bonds is 16. The summed E-state index contributed by atoms with van der Waals surface area (Å²) in [6, 6.07) is 13.8. The molecular formula is C36H50IN4O5-. The van der Waals surface area contributed by atoms with Crippen LogP contribution >= 0.6 is 0 Å². The van der Waals surface area contributed by atoms with Crippen molar-refractivity contribution < 1.29 is 42.6 Å². The average Bonchev–Trinajstić information content (AvgIpc) is 3.62. The van der Waals surface area contributed by atoms with E-state index < -0.39 is 30.3 Å². The topological polar surface area (TPSA) is 104 Å². The Balaban J connectivity index is 1.63. The molecule has 0 aliphatic carbocycles. The molecule has 2 aliphatic heterocycles. The number of aliphatic imine (C=N–C) groups is 2. The number of allylic oxidation sites excluding steroid dienone is 2. The molecule has 4 rings (SSSR count). The summed E-state index contributed by atoms with van der Waals surface area (Å²) in [7, 11) is 0. The average molecular weight is 746 g/mol. The molecule has 0 aromatic heterocycles. The molecule has 9 nitrogen and oxygen atoms in total. The van der Waals surface area contributed by atoms with Gasteiger partial charge in [-0.05, 0) is 19.7 Å². The molecule has 10 heteroatoms. The van der Waals surface area contributed by atoms with E-state index in [9.17, 15) is 14.7 Å². The first-order valence-electron chi connectivity index (χ1n) is 16.0. The van der Waals surface area contributed by atoms with Gasteiger partial charge >= 0.3 is 204 Å². The van der Waals surface area contributed by atoms with Gasteiger partial charge in [-0.2, -0.15) is 0 Å². The predicted octanol–water partition coefficient (Wildman–Crippen LogP) is 3.07. The van der Waals surface area contributed by atoms with Crippen molar-refractivity contribution in [1.29, 1.82) is 0 Å². The SMILES string of the molecule is C=NC=N/C(=C\C)CCC[C@H]1[C@H](C(=O)O)[C@@H](c2ccc3c(c2)OCO3)CN1CC(=O)N(CCCC)c1cccc(C[I-](C)(C)C)c1. The van der Waals surface area contributed by atoms with Crippen LogP contribution < -0.4 is 32.8 Å². The normalized spacial score (nSPS) is 20.3. The summed E-state index contributed by atoms with van der Waals surface area (Å²) in [6.07, 6.45) is 7.23. The van der Waals surface area contributed by atoms with Crippen LogP contribution in [0.5, 0.6) is 11.5 Å². The minimum atomic E-state index is -1.78. The molecule has 3 atom stereocenters. The van der Waals surface area contributed by atoms with E-state index in [0.717, 1.165) is 40.6 Å². The molecule has 0 saturated carbocycles. The number of anilines is 1. The van der Waals surface area contributed by atoms with Crippen LogP contribution in [0.25, 0.3) is 0 Å². The van der Waals surface area contributed by atoms with E-state index in [-0.39, 0.29) is 31.2 Å². The van der Waals surface area contributed by atoms with Crippen LogP contribution in [0.15, 0.2) is 64.2 Å². The number of nitrogens with zero attached hydrogens (tertiary/aromatic N) is 4. The molecule has 46 heavy (non-hydrogen) atoms. The van der Waals surface area contributed by atoms with Crippen LogP contribution in [0.1, 0.15) is 63.0 Å². The maximum absolute atomic E-state index is 14.2. The van der Waals surface area contributed by atoms with E-state index in [4.69, 9.17) is 9.47 Å². The van der Waals surface area contributed by atoms with Gasteiger partial charge < -0.3 is 9.47 Å². The molecule has 1 fully saturated rings. The van der Waals surface area contributed by atoms with Crippen molar-refractivity contribution in [2.24, 2.45) is 15.9 Å². The fourth-order valence-electron chi connectivity index (χ4n) is 6.47. The van der Waals surface area contributed by atoms with Crippen molar-refractivity contribution in [2.75, 3.05) is 46.1 Å². The number of amides is 1. The van der Waals surface area contributed by atoms with Gasteiger partial charge in [0.25, 0.3) is 0 Å². The second kappa shape index (κ2) is 16.5. The third-order valence-corrected chi connectivity index (χ3v) is 11.8. The molecule has 2 aliphatic rings. The number of carboxylic acids is 1. The number of halogens is 1. The molecule has 0 bridgehead atoms. The molecule has 1 amide bonds. The van der Waals surface area contributed by atoms with Crippen molar-refractivity contribution in [3.63, 3.8) is 0 Å². The molecule has 0 spiro atoms. The number of carbonyl (C=O) groups is 2. The quantitative estimate of drug-likeness (QED) is 0.123. The van der Waals surface area contributed by atoms with Crippen molar-refractivity contribution in [2.45, 2.75) is 62.3 Å². The summed E-state index contributed by atoms with van der Waals surface area (Å²) in [6.45, 7) is 8.90. The molecule has 2 aromatic rings. The van der Waals surface area contributed by atoms with Gasteiger partial charge in [-0.15, -0.1) is 0 Å². The molecule has 2 heterocycles. The van der Waals surface area contributed by atoms with Gasteiger partial charge in [-0.25, -0.2) is 4.99 Å². The van der Waals surface area contributed by atoms with Crippen molar-refractivity contribution in [3.8, 4) is 11.5 Å². The number of carboxylic acid groups (broad SMARTS) is 1. The maximum atomic E-state index is 14.2. The number of benzene rings is 2. The zero-order chi connectivity index (χ0) is 33.3. The summed E-state index contributed by atoms with van der Waals surface area (Å²) in [5.74, 6) is -0.562. The third-order valence-electron chi connectivity index (χ3n) is 8.58. The second-order valence-corrected chi connectivity index (χ2v) is 24.6. The zero-order valence-electron chi connectivity index (χ0n) is 28.0. The number of hydrogen-bond donors (Lipinski definition) is 1. The van der Waals surface area contributed by atoms with Gasteiger partial charge in [-0.1, -0.05) is 6.08 Å². The Morgan fingerprint density at radius 2 is 1.91 bits per heavy atom. The molecule has 0 unspecified atom stereocenters. The Morgan fingerprint density at radius 3 is 2.61 bits per heavy atom. The Bertz CT molecular complexity index is 1440. The number of aliphatic carboxylic acids is 1. The van der Waals surface area contributed by atoms with Crippen LogP contribution in [-0.2, 0) is 14.0 Å². The van der Waals surface area contributed by atoms with E-state index in [0.29, 0.717) is 37.4 Å². The van der Waals surface area contributed by atoms with Crippen LogP contribution in [-0.4, -0.2) is 82.2 Å². The Labute approximate surface area is 278 Å². The van der Waals surface area contributed by atoms with Gasteiger partial charge in [0.2, 0.25) is 6.79 Å². The van der Waals surface area contributed by atoms with Gasteiger partial charge in [0, 0.05) is 5.70 Å². The van der Waals surface area contributed by atoms with Crippen molar-refractivity contribution in [1.82, 2.24) is 4.90 Å². The standard InChI is InChI=1S/C36H50IN4O5/c1-7-9-18-41(29-14-10-12-26(19-29)21-37(3,4)5)34(42)23-40-22-30(27-16-17-32-33(20-27)46-25-45-32)35(36(43)44)31(40)15-11-13-28(8-2)39-24-38-6/h8,10,12,14,16-17,19-20,24,30-31,35H,6-7,9,11,13,15,18,21-23,25H2,1-5H3,(H,43,44)/q-1/b28-8-,39-24?/t30-,31+,35-/m1/s1. The minimum absolute atomic E-state index is 0.00139. The van der Waals surface area contributed by atoms with Crippen LogP contribution in [0.4, 0.5) is 5.69 Å². The number of ether oxygens (including phenoxy) is 2. The number of unbranched alkanes of at least 4 members (excludes halogenated alkanes) is 1. The molecule has 0 radical (unpaired) electrons. The van der Waals surface area contributed by atoms with Crippen molar-refractivity contribution in [3.05, 3.63) is 65.4 Å². The molecular weight excluding hydrogens is 695 g/mol. The summed E-state index contributed by atoms with van der Waals surface area (Å²) in [4.78, 5) is 46.5. The fraction of sp³-hybridized carbons (Fsp3) is 0.500. The van der Waals surface area contributed by atoms with Gasteiger partial charge in [0.05, 0.1) is 0 Å². The van der Waals surface area contributed by atoms with Crippen LogP contribution in [0, 0.1) is 5.92 Å². The summed E-state index contributed by atoms with van der Waals surface area (Å²) >= 11 is -1.78. The number of alkyl halides is 4. The van der Waals surface area contributed by atoms with Crippen molar-refractivity contribution >= 4 is 30.6 Å². The van der Waals surface area contributed by atoms with E-state index in [1.165, 1.54) is 11.9 Å². The van der Waals surface area contributed by atoms with Gasteiger partial charge in [0.1, 0.15) is 6.34 Å². The van der Waals surface area contributed by atoms with Crippen LogP contribution in [0.2, 0.25) is 0 Å². The first-order valence-corrected chi connectivity index (χ1v) is 24.0. The molecule has 1 saturated heterocycles. The zero-order valence-corrected chi connectivity index (χ0v) is 30.1. The summed E-state index contributed by atoms with van der Waals surface area (Å²) in [5, 5.41) is 10.6.